The first-order chi connectivity index (χ1) is 10.1. The molecule has 21 heavy (non-hydrogen) atoms. The van der Waals surface area contributed by atoms with Crippen molar-refractivity contribution in [2.75, 3.05) is 31.1 Å². The van der Waals surface area contributed by atoms with Gasteiger partial charge in [-0.2, -0.15) is 0 Å². The number of alkyl halides is 1. The number of nitro benzene ring substituents is 1. The normalized spacial score (nSPS) is 17.8. The minimum absolute atomic E-state index is 0.104. The van der Waals surface area contributed by atoms with Crippen molar-refractivity contribution in [1.29, 1.82) is 0 Å². The summed E-state index contributed by atoms with van der Waals surface area (Å²) in [6.07, 6.45) is 1.16. The minimum Gasteiger partial charge on any atom is -0.369 e. The van der Waals surface area contributed by atoms with Crippen molar-refractivity contribution >= 4 is 23.0 Å². The van der Waals surface area contributed by atoms with Gasteiger partial charge in [0.1, 0.15) is 0 Å². The van der Waals surface area contributed by atoms with E-state index in [1.54, 1.807) is 6.07 Å². The van der Waals surface area contributed by atoms with E-state index in [1.165, 1.54) is 0 Å². The number of hydrogen-bond acceptors (Lipinski definition) is 4. The third-order valence-corrected chi connectivity index (χ3v) is 4.59. The molecule has 0 bridgehead atoms. The van der Waals surface area contributed by atoms with Crippen LogP contribution in [0.1, 0.15) is 25.8 Å². The highest BCUT2D eigenvalue weighted by Gasteiger charge is 2.22. The van der Waals surface area contributed by atoms with Crippen LogP contribution in [0.3, 0.4) is 0 Å². The summed E-state index contributed by atoms with van der Waals surface area (Å²) in [5.41, 5.74) is 1.72. The molecule has 1 fully saturated rings. The monoisotopic (exact) mass is 311 g/mol. The summed E-state index contributed by atoms with van der Waals surface area (Å²) in [4.78, 5) is 15.3. The Kier molecular flexibility index (Phi) is 5.42. The maximum absolute atomic E-state index is 10.9. The predicted molar refractivity (Wildman–Crippen MR) is 86.2 cm³/mol. The second kappa shape index (κ2) is 7.09. The molecule has 1 unspecified atom stereocenters. The highest BCUT2D eigenvalue weighted by molar-refractivity contribution is 6.17. The van der Waals surface area contributed by atoms with Gasteiger partial charge >= 0.3 is 0 Å². The lowest BCUT2D eigenvalue weighted by Crippen LogP contribution is -2.49. The quantitative estimate of drug-likeness (QED) is 0.476. The molecule has 6 heteroatoms. The van der Waals surface area contributed by atoms with Gasteiger partial charge in [-0.25, -0.2) is 0 Å². The van der Waals surface area contributed by atoms with Crippen molar-refractivity contribution in [2.24, 2.45) is 0 Å². The Morgan fingerprint density at radius 2 is 2.00 bits per heavy atom. The number of nitrogens with zero attached hydrogens (tertiary/aromatic N) is 3. The molecule has 1 heterocycles. The standard InChI is InChI=1S/C15H22ClN3O2/c1-3-12(2)17-6-8-18(9-7-17)14-4-5-15(19(20)21)13(10-14)11-16/h4-5,10,12H,3,6-9,11H2,1-2H3. The number of nitro groups is 1. The first-order valence-corrected chi connectivity index (χ1v) is 7.92. The number of hydrogen-bond donors (Lipinski definition) is 0. The van der Waals surface area contributed by atoms with Gasteiger partial charge in [0, 0.05) is 49.5 Å². The summed E-state index contributed by atoms with van der Waals surface area (Å²) in [7, 11) is 0. The van der Waals surface area contributed by atoms with Crippen LogP contribution in [0.2, 0.25) is 0 Å². The summed E-state index contributed by atoms with van der Waals surface area (Å²) in [5, 5.41) is 10.9. The van der Waals surface area contributed by atoms with Crippen molar-refractivity contribution in [1.82, 2.24) is 4.90 Å². The van der Waals surface area contributed by atoms with Gasteiger partial charge in [0.25, 0.3) is 5.69 Å². The van der Waals surface area contributed by atoms with E-state index in [0.717, 1.165) is 38.3 Å². The van der Waals surface area contributed by atoms with E-state index in [-0.39, 0.29) is 16.5 Å². The van der Waals surface area contributed by atoms with Crippen molar-refractivity contribution in [3.8, 4) is 0 Å². The number of halogens is 1. The van der Waals surface area contributed by atoms with Gasteiger partial charge in [0.15, 0.2) is 0 Å². The first-order valence-electron chi connectivity index (χ1n) is 7.39. The average molecular weight is 312 g/mol. The number of rotatable bonds is 5. The number of benzene rings is 1. The second-order valence-electron chi connectivity index (χ2n) is 5.48. The number of piperazine rings is 1. The zero-order valence-electron chi connectivity index (χ0n) is 12.6. The Bertz CT molecular complexity index is 502. The summed E-state index contributed by atoms with van der Waals surface area (Å²) >= 11 is 5.84. The summed E-state index contributed by atoms with van der Waals surface area (Å²) in [5.74, 6) is 0.164. The fourth-order valence-corrected chi connectivity index (χ4v) is 2.95. The Morgan fingerprint density at radius 1 is 1.33 bits per heavy atom. The van der Waals surface area contributed by atoms with Crippen LogP contribution in [0, 0.1) is 10.1 Å². The molecule has 1 saturated heterocycles. The molecule has 0 spiro atoms. The minimum atomic E-state index is -0.373. The highest BCUT2D eigenvalue weighted by atomic mass is 35.5. The van der Waals surface area contributed by atoms with Crippen LogP contribution in [-0.4, -0.2) is 42.0 Å². The van der Waals surface area contributed by atoms with Gasteiger partial charge in [-0.05, 0) is 25.5 Å². The van der Waals surface area contributed by atoms with Crippen molar-refractivity contribution in [3.63, 3.8) is 0 Å². The van der Waals surface area contributed by atoms with Gasteiger partial charge in [-0.1, -0.05) is 6.92 Å². The topological polar surface area (TPSA) is 49.6 Å². The third-order valence-electron chi connectivity index (χ3n) is 4.30. The van der Waals surface area contributed by atoms with Crippen LogP contribution >= 0.6 is 11.6 Å². The smallest absolute Gasteiger partial charge is 0.273 e. The number of anilines is 1. The van der Waals surface area contributed by atoms with Crippen LogP contribution < -0.4 is 4.90 Å². The molecule has 0 amide bonds. The van der Waals surface area contributed by atoms with Crippen LogP contribution in [0.25, 0.3) is 0 Å². The van der Waals surface area contributed by atoms with Crippen LogP contribution in [0.5, 0.6) is 0 Å². The molecule has 0 saturated carbocycles. The van der Waals surface area contributed by atoms with E-state index in [9.17, 15) is 10.1 Å². The predicted octanol–water partition coefficient (Wildman–Crippen LogP) is 3.25. The fraction of sp³-hybridized carbons (Fsp3) is 0.600. The zero-order valence-corrected chi connectivity index (χ0v) is 13.3. The summed E-state index contributed by atoms with van der Waals surface area (Å²) in [6, 6.07) is 5.85. The fourth-order valence-electron chi connectivity index (χ4n) is 2.73. The van der Waals surface area contributed by atoms with Crippen LogP contribution in [0.15, 0.2) is 18.2 Å². The molecule has 0 N–H and O–H groups in total. The zero-order chi connectivity index (χ0) is 15.4. The van der Waals surface area contributed by atoms with Gasteiger partial charge in [-0.15, -0.1) is 11.6 Å². The molecule has 2 rings (SSSR count). The van der Waals surface area contributed by atoms with E-state index in [0.29, 0.717) is 11.6 Å². The molecular weight excluding hydrogens is 290 g/mol. The molecule has 1 aromatic rings. The highest BCUT2D eigenvalue weighted by Crippen LogP contribution is 2.27. The third kappa shape index (κ3) is 3.66. The maximum Gasteiger partial charge on any atom is 0.273 e. The molecule has 1 aliphatic rings. The molecule has 0 aromatic heterocycles. The summed E-state index contributed by atoms with van der Waals surface area (Å²) < 4.78 is 0. The van der Waals surface area contributed by atoms with Crippen LogP contribution in [0.4, 0.5) is 11.4 Å². The summed E-state index contributed by atoms with van der Waals surface area (Å²) in [6.45, 7) is 8.42. The Balaban J connectivity index is 2.08. The average Bonchev–Trinajstić information content (AvgIpc) is 2.53. The lowest BCUT2D eigenvalue weighted by molar-refractivity contribution is -0.385. The molecule has 0 aliphatic carbocycles. The van der Waals surface area contributed by atoms with E-state index >= 15 is 0 Å². The van der Waals surface area contributed by atoms with Crippen molar-refractivity contribution in [2.45, 2.75) is 32.2 Å². The second-order valence-corrected chi connectivity index (χ2v) is 5.75. The van der Waals surface area contributed by atoms with Gasteiger partial charge < -0.3 is 4.90 Å². The first kappa shape index (κ1) is 16.0. The van der Waals surface area contributed by atoms with Gasteiger partial charge in [-0.3, -0.25) is 15.0 Å². The van der Waals surface area contributed by atoms with Gasteiger partial charge in [0.05, 0.1) is 10.8 Å². The molecule has 1 atom stereocenters. The van der Waals surface area contributed by atoms with Gasteiger partial charge in [0.2, 0.25) is 0 Å². The van der Waals surface area contributed by atoms with E-state index in [1.807, 2.05) is 12.1 Å². The van der Waals surface area contributed by atoms with Crippen molar-refractivity contribution < 1.29 is 4.92 Å². The van der Waals surface area contributed by atoms with E-state index < -0.39 is 0 Å². The van der Waals surface area contributed by atoms with Crippen LogP contribution in [-0.2, 0) is 5.88 Å². The lowest BCUT2D eigenvalue weighted by atomic mass is 10.1. The molecule has 1 aromatic carbocycles. The molecule has 116 valence electrons. The molecular formula is C15H22ClN3O2. The Labute approximate surface area is 130 Å². The molecule has 0 radical (unpaired) electrons. The lowest BCUT2D eigenvalue weighted by Gasteiger charge is -2.39. The maximum atomic E-state index is 10.9. The molecule has 1 aliphatic heterocycles. The Morgan fingerprint density at radius 3 is 2.52 bits per heavy atom. The van der Waals surface area contributed by atoms with E-state index in [4.69, 9.17) is 11.6 Å². The SMILES string of the molecule is CCC(C)N1CCN(c2ccc([N+](=O)[O-])c(CCl)c2)CC1. The largest absolute Gasteiger partial charge is 0.369 e. The molecule has 5 nitrogen and oxygen atoms in total. The van der Waals surface area contributed by atoms with E-state index in [2.05, 4.69) is 23.6 Å². The Hall–Kier alpha value is -1.33. The van der Waals surface area contributed by atoms with Crippen molar-refractivity contribution in [3.05, 3.63) is 33.9 Å².